The second kappa shape index (κ2) is 5.11. The van der Waals surface area contributed by atoms with Crippen molar-refractivity contribution in [3.63, 3.8) is 0 Å². The minimum atomic E-state index is -2.37. The summed E-state index contributed by atoms with van der Waals surface area (Å²) in [5.41, 5.74) is -2.96. The van der Waals surface area contributed by atoms with Gasteiger partial charge in [-0.1, -0.05) is 29.8 Å². The lowest BCUT2D eigenvalue weighted by Crippen LogP contribution is -2.28. The molecule has 1 N–H and O–H groups in total. The molecular formula is C15H11F5O. The van der Waals surface area contributed by atoms with Crippen molar-refractivity contribution in [3.8, 4) is 0 Å². The zero-order chi connectivity index (χ0) is 15.9. The first-order valence-corrected chi connectivity index (χ1v) is 5.99. The highest BCUT2D eigenvalue weighted by molar-refractivity contribution is 5.39. The van der Waals surface area contributed by atoms with Crippen molar-refractivity contribution < 1.29 is 27.1 Å². The Labute approximate surface area is 117 Å². The van der Waals surface area contributed by atoms with Crippen LogP contribution in [0.5, 0.6) is 0 Å². The minimum Gasteiger partial charge on any atom is -0.380 e. The van der Waals surface area contributed by atoms with Gasteiger partial charge in [0.05, 0.1) is 5.56 Å². The predicted molar refractivity (Wildman–Crippen MR) is 66.1 cm³/mol. The maximum absolute atomic E-state index is 13.8. The van der Waals surface area contributed by atoms with Crippen LogP contribution in [0.1, 0.15) is 23.6 Å². The molecule has 112 valence electrons. The van der Waals surface area contributed by atoms with Crippen LogP contribution in [0.3, 0.4) is 0 Å². The number of aliphatic hydroxyl groups is 1. The summed E-state index contributed by atoms with van der Waals surface area (Å²) in [6.45, 7) is 2.64. The van der Waals surface area contributed by atoms with Crippen molar-refractivity contribution in [3.05, 3.63) is 70.0 Å². The second-order valence-electron chi connectivity index (χ2n) is 4.89. The van der Waals surface area contributed by atoms with E-state index in [9.17, 15) is 27.1 Å². The van der Waals surface area contributed by atoms with Gasteiger partial charge >= 0.3 is 0 Å². The molecule has 0 saturated heterocycles. The van der Waals surface area contributed by atoms with Crippen LogP contribution in [0.2, 0.25) is 0 Å². The molecule has 1 nitrogen and oxygen atoms in total. The van der Waals surface area contributed by atoms with Gasteiger partial charge in [-0.25, -0.2) is 22.0 Å². The second-order valence-corrected chi connectivity index (χ2v) is 4.89. The Hall–Kier alpha value is -1.95. The zero-order valence-electron chi connectivity index (χ0n) is 11.1. The van der Waals surface area contributed by atoms with Gasteiger partial charge in [-0.05, 0) is 19.4 Å². The molecule has 1 atom stereocenters. The maximum Gasteiger partial charge on any atom is 0.200 e. The molecule has 0 aliphatic heterocycles. The highest BCUT2D eigenvalue weighted by Crippen LogP contribution is 2.36. The smallest absolute Gasteiger partial charge is 0.200 e. The molecule has 0 bridgehead atoms. The molecule has 0 aliphatic rings. The van der Waals surface area contributed by atoms with E-state index in [0.717, 1.165) is 6.92 Å². The van der Waals surface area contributed by atoms with Gasteiger partial charge in [0.25, 0.3) is 0 Å². The molecule has 2 rings (SSSR count). The van der Waals surface area contributed by atoms with E-state index in [4.69, 9.17) is 0 Å². The summed E-state index contributed by atoms with van der Waals surface area (Å²) in [6.07, 6.45) is 0. The molecule has 6 heteroatoms. The van der Waals surface area contributed by atoms with Gasteiger partial charge in [0.1, 0.15) is 5.60 Å². The number of benzene rings is 2. The Morgan fingerprint density at radius 1 is 0.857 bits per heavy atom. The Bertz CT molecular complexity index is 680. The molecule has 0 aromatic heterocycles. The third-order valence-corrected chi connectivity index (χ3v) is 3.28. The Balaban J connectivity index is 2.77. The Morgan fingerprint density at radius 3 is 1.81 bits per heavy atom. The van der Waals surface area contributed by atoms with Crippen molar-refractivity contribution in [2.45, 2.75) is 19.4 Å². The fourth-order valence-electron chi connectivity index (χ4n) is 2.12. The van der Waals surface area contributed by atoms with E-state index >= 15 is 0 Å². The molecular weight excluding hydrogens is 291 g/mol. The molecule has 21 heavy (non-hydrogen) atoms. The SMILES string of the molecule is Cc1cccc(C(C)(O)c2c(F)c(F)c(F)c(F)c2F)c1. The number of halogens is 5. The predicted octanol–water partition coefficient (Wildman–Crippen LogP) is 3.95. The number of hydrogen-bond acceptors (Lipinski definition) is 1. The third kappa shape index (κ3) is 2.40. The largest absolute Gasteiger partial charge is 0.380 e. The lowest BCUT2D eigenvalue weighted by molar-refractivity contribution is 0.0903. The molecule has 2 aromatic carbocycles. The summed E-state index contributed by atoms with van der Waals surface area (Å²) in [5, 5.41) is 10.3. The molecule has 0 radical (unpaired) electrons. The van der Waals surface area contributed by atoms with E-state index in [2.05, 4.69) is 0 Å². The van der Waals surface area contributed by atoms with Gasteiger partial charge in [-0.15, -0.1) is 0 Å². The first kappa shape index (κ1) is 15.4. The van der Waals surface area contributed by atoms with Gasteiger partial charge < -0.3 is 5.11 Å². The quantitative estimate of drug-likeness (QED) is 0.506. The molecule has 1 unspecified atom stereocenters. The average Bonchev–Trinajstić information content (AvgIpc) is 2.43. The van der Waals surface area contributed by atoms with E-state index in [-0.39, 0.29) is 5.56 Å². The van der Waals surface area contributed by atoms with E-state index < -0.39 is 40.3 Å². The highest BCUT2D eigenvalue weighted by Gasteiger charge is 2.37. The summed E-state index contributed by atoms with van der Waals surface area (Å²) < 4.78 is 67.2. The zero-order valence-corrected chi connectivity index (χ0v) is 11.1. The summed E-state index contributed by atoms with van der Waals surface area (Å²) in [4.78, 5) is 0. The van der Waals surface area contributed by atoms with Crippen LogP contribution >= 0.6 is 0 Å². The molecule has 0 heterocycles. The molecule has 0 amide bonds. The van der Waals surface area contributed by atoms with E-state index in [1.165, 1.54) is 18.2 Å². The van der Waals surface area contributed by atoms with Crippen molar-refractivity contribution >= 4 is 0 Å². The van der Waals surface area contributed by atoms with Crippen molar-refractivity contribution in [2.75, 3.05) is 0 Å². The monoisotopic (exact) mass is 302 g/mol. The van der Waals surface area contributed by atoms with Gasteiger partial charge in [-0.3, -0.25) is 0 Å². The first-order chi connectivity index (χ1) is 9.67. The van der Waals surface area contributed by atoms with E-state index in [1.807, 2.05) is 0 Å². The van der Waals surface area contributed by atoms with Gasteiger partial charge in [0, 0.05) is 0 Å². The van der Waals surface area contributed by atoms with Crippen LogP contribution < -0.4 is 0 Å². The summed E-state index contributed by atoms with van der Waals surface area (Å²) in [5.74, 6) is -10.5. The standard InChI is InChI=1S/C15H11F5O/c1-7-4-3-5-8(6-7)15(2,21)9-10(16)12(18)14(20)13(19)11(9)17/h3-6,21H,1-2H3. The maximum atomic E-state index is 13.8. The van der Waals surface area contributed by atoms with Crippen LogP contribution in [0.25, 0.3) is 0 Å². The number of aryl methyl sites for hydroxylation is 1. The summed E-state index contributed by atoms with van der Waals surface area (Å²) in [6, 6.07) is 5.91. The first-order valence-electron chi connectivity index (χ1n) is 5.99. The Kier molecular flexibility index (Phi) is 3.76. The van der Waals surface area contributed by atoms with E-state index in [1.54, 1.807) is 13.0 Å². The lowest BCUT2D eigenvalue weighted by atomic mass is 9.86. The fraction of sp³-hybridized carbons (Fsp3) is 0.200. The van der Waals surface area contributed by atoms with Crippen LogP contribution in [-0.4, -0.2) is 5.11 Å². The third-order valence-electron chi connectivity index (χ3n) is 3.28. The lowest BCUT2D eigenvalue weighted by Gasteiger charge is -2.26. The summed E-state index contributed by atoms with van der Waals surface area (Å²) in [7, 11) is 0. The van der Waals surface area contributed by atoms with Crippen LogP contribution in [0.4, 0.5) is 22.0 Å². The van der Waals surface area contributed by atoms with Gasteiger partial charge in [0.2, 0.25) is 5.82 Å². The van der Waals surface area contributed by atoms with E-state index in [0.29, 0.717) is 5.56 Å². The van der Waals surface area contributed by atoms with Crippen molar-refractivity contribution in [1.29, 1.82) is 0 Å². The van der Waals surface area contributed by atoms with Gasteiger partial charge in [-0.2, -0.15) is 0 Å². The fourth-order valence-corrected chi connectivity index (χ4v) is 2.12. The number of hydrogen-bond donors (Lipinski definition) is 1. The van der Waals surface area contributed by atoms with Crippen molar-refractivity contribution in [1.82, 2.24) is 0 Å². The number of rotatable bonds is 2. The molecule has 0 fully saturated rings. The molecule has 2 aromatic rings. The normalized spacial score (nSPS) is 14.1. The van der Waals surface area contributed by atoms with Gasteiger partial charge in [0.15, 0.2) is 23.3 Å². The van der Waals surface area contributed by atoms with Crippen molar-refractivity contribution in [2.24, 2.45) is 0 Å². The van der Waals surface area contributed by atoms with Crippen LogP contribution in [0.15, 0.2) is 24.3 Å². The minimum absolute atomic E-state index is 0.0192. The molecule has 0 spiro atoms. The van der Waals surface area contributed by atoms with Crippen LogP contribution in [-0.2, 0) is 5.60 Å². The van der Waals surface area contributed by atoms with Crippen LogP contribution in [0, 0.1) is 36.0 Å². The highest BCUT2D eigenvalue weighted by atomic mass is 19.2. The Morgan fingerprint density at radius 2 is 1.33 bits per heavy atom. The summed E-state index contributed by atoms with van der Waals surface area (Å²) >= 11 is 0. The average molecular weight is 302 g/mol. The molecule has 0 aliphatic carbocycles. The topological polar surface area (TPSA) is 20.2 Å². The molecule has 0 saturated carbocycles.